The quantitative estimate of drug-likeness (QED) is 0.0153. The second kappa shape index (κ2) is 89.1. The monoisotopic (exact) mass is 1940 g/mol. The second-order valence-electron chi connectivity index (χ2n) is 36.7. The molecule has 0 aromatic rings. The maximum atomic E-state index is 12.9. The van der Waals surface area contributed by atoms with Crippen LogP contribution in [0.25, 0.3) is 0 Å². The molecule has 0 heterocycles. The summed E-state index contributed by atoms with van der Waals surface area (Å²) in [6, 6.07) is 0. The molecule has 0 amide bonds. The van der Waals surface area contributed by atoms with Gasteiger partial charge in [-0.2, -0.15) is 0 Å². The summed E-state index contributed by atoms with van der Waals surface area (Å²) in [5, 5.41) is 104. The van der Waals surface area contributed by atoms with E-state index in [1.165, 1.54) is 0 Å². The summed E-state index contributed by atoms with van der Waals surface area (Å²) in [7, 11) is 0. The van der Waals surface area contributed by atoms with Gasteiger partial charge in [-0.1, -0.05) is 65.2 Å². The van der Waals surface area contributed by atoms with Crippen LogP contribution in [0.1, 0.15) is 367 Å². The molecule has 6 aliphatic rings. The number of hydrogen-bond donors (Lipinski definition) is 12. The number of fused-ring (bicyclic) bond motifs is 1. The van der Waals surface area contributed by atoms with Crippen LogP contribution in [-0.4, -0.2) is 279 Å². The molecular formula is C101H182O34. The number of aliphatic hydroxyl groups is 12. The number of hydrogen-bond acceptors (Lipinski definition) is 34. The summed E-state index contributed by atoms with van der Waals surface area (Å²) in [4.78, 5) is 130. The highest BCUT2D eigenvalue weighted by Gasteiger charge is 2.64. The van der Waals surface area contributed by atoms with E-state index in [2.05, 4.69) is 0 Å². The molecule has 6 aliphatic carbocycles. The fourth-order valence-corrected chi connectivity index (χ4v) is 17.4. The van der Waals surface area contributed by atoms with Crippen LogP contribution in [0.2, 0.25) is 0 Å². The van der Waals surface area contributed by atoms with Gasteiger partial charge in [0.2, 0.25) is 0 Å². The maximum absolute atomic E-state index is 12.9. The van der Waals surface area contributed by atoms with Crippen LogP contribution in [0.3, 0.4) is 0 Å². The van der Waals surface area contributed by atoms with Gasteiger partial charge in [-0.25, -0.2) is 0 Å². The Morgan fingerprint density at radius 1 is 0.237 bits per heavy atom. The van der Waals surface area contributed by atoms with Crippen LogP contribution >= 0.6 is 0 Å². The van der Waals surface area contributed by atoms with Gasteiger partial charge in [0.05, 0.1) is 95.3 Å². The Morgan fingerprint density at radius 3 is 0.689 bits per heavy atom. The Morgan fingerprint density at radius 2 is 0.444 bits per heavy atom. The van der Waals surface area contributed by atoms with Gasteiger partial charge in [0.25, 0.3) is 0 Å². The summed E-state index contributed by atoms with van der Waals surface area (Å²) < 4.78 is 57.2. The number of rotatable bonds is 75. The van der Waals surface area contributed by atoms with Crippen LogP contribution in [0.4, 0.5) is 0 Å². The topological polar surface area (TPSA) is 532 Å². The minimum Gasteiger partial charge on any atom is -0.466 e. The zero-order chi connectivity index (χ0) is 99.9. The molecule has 6 fully saturated rings. The van der Waals surface area contributed by atoms with E-state index in [1.54, 1.807) is 0 Å². The fourth-order valence-electron chi connectivity index (χ4n) is 17.4. The molecule has 6 rings (SSSR count). The minimum atomic E-state index is -0.520. The molecule has 0 aromatic heterocycles. The summed E-state index contributed by atoms with van der Waals surface area (Å²) in [5.41, 5.74) is -1.04. The van der Waals surface area contributed by atoms with Crippen LogP contribution in [0, 0.1) is 58.2 Å². The molecular weight excluding hydrogens is 1760 g/mol. The van der Waals surface area contributed by atoms with Gasteiger partial charge in [0.1, 0.15) is 0 Å². The van der Waals surface area contributed by atoms with E-state index < -0.39 is 10.8 Å². The highest BCUT2D eigenvalue weighted by atomic mass is 16.6. The van der Waals surface area contributed by atoms with Gasteiger partial charge in [-0.05, 0) is 292 Å². The number of carbonyl (C=O) groups is 11. The lowest BCUT2D eigenvalue weighted by Gasteiger charge is -2.59. The fraction of sp³-hybridized carbons (Fsp3) is 0.891. The van der Waals surface area contributed by atoms with Crippen molar-refractivity contribution in [3.8, 4) is 0 Å². The highest BCUT2D eigenvalue weighted by molar-refractivity contribution is 5.83. The van der Waals surface area contributed by atoms with Crippen molar-refractivity contribution in [1.29, 1.82) is 0 Å². The maximum Gasteiger partial charge on any atom is 0.312 e. The third-order valence-corrected chi connectivity index (χ3v) is 24.8. The molecule has 6 atom stereocenters. The molecule has 790 valence electrons. The number of unbranched alkanes of at least 4 members (excludes halogenated alkanes) is 19. The van der Waals surface area contributed by atoms with Crippen molar-refractivity contribution in [1.82, 2.24) is 0 Å². The first-order valence-electron chi connectivity index (χ1n) is 51.5. The number of aliphatic hydroxyl groups excluding tert-OH is 12. The normalized spacial score (nSPS) is 19.0. The van der Waals surface area contributed by atoms with Gasteiger partial charge in [-0.3, -0.25) is 52.7 Å². The summed E-state index contributed by atoms with van der Waals surface area (Å²) >= 11 is 0. The van der Waals surface area contributed by atoms with Gasteiger partial charge in [-0.15, -0.1) is 0 Å². The van der Waals surface area contributed by atoms with Crippen LogP contribution in [0.15, 0.2) is 0 Å². The van der Waals surface area contributed by atoms with Crippen molar-refractivity contribution in [2.24, 2.45) is 58.2 Å². The molecule has 0 aliphatic heterocycles. The van der Waals surface area contributed by atoms with Gasteiger partial charge < -0.3 is 113 Å². The van der Waals surface area contributed by atoms with Crippen LogP contribution < -0.4 is 0 Å². The predicted octanol–water partition coefficient (Wildman–Crippen LogP) is 12.3. The van der Waals surface area contributed by atoms with Crippen molar-refractivity contribution in [3.05, 3.63) is 0 Å². The Labute approximate surface area is 805 Å². The summed E-state index contributed by atoms with van der Waals surface area (Å²) in [6.07, 6.45) is 40.0. The zero-order valence-corrected chi connectivity index (χ0v) is 82.6. The molecule has 0 radical (unpaired) electrons. The molecule has 4 bridgehead atoms. The standard InChI is InChI=1S/C20H32O6.C20H34O6.2C18H34O6.C16H30O6.C9H18O4/c21-5-1-3-7-25-17(23)19-10-15-9-16(11-19)13-20(12-15,14-19)18(24)26-8-4-2-6-22;21-11-1-3-13-25-19(23)17-9-5-8-16-15(17)7-6-10-18(16)20(24)26-14-4-2-12-22;1-15(7-11-19)9-13-23-17(21)5-3-4-6-18(22)24-14-10-16(2)8-12-20;19-13-7-9-15-23-17(21)11-5-3-1-2-4-6-12-18(22)24-16-10-8-14-20;17-11-5-7-13-21-15(19)9-3-1-2-4-10-16(20)22-14-8-6-12-18;10-6-2-1-5-9(12)13-8-4-3-7-11/h15-16,21-22H,1-14H2;15-18,21-22H,1-14H2;15-16,19-20H,3-14H2,1-2H3;19-20H,1-16H2;17-18H,1-14H2;10-11H,1-8H2. The lowest BCUT2D eigenvalue weighted by Crippen LogP contribution is -2.58. The Balaban J connectivity index is 0.00000161. The number of esters is 11. The molecule has 6 unspecified atom stereocenters. The molecule has 0 spiro atoms. The first-order chi connectivity index (χ1) is 65.4. The average molecular weight is 1940 g/mol. The van der Waals surface area contributed by atoms with E-state index in [-0.39, 0.29) is 169 Å². The largest absolute Gasteiger partial charge is 0.466 e. The number of ether oxygens (including phenoxy) is 11. The van der Waals surface area contributed by atoms with Crippen LogP contribution in [0.5, 0.6) is 0 Å². The van der Waals surface area contributed by atoms with Crippen molar-refractivity contribution >= 4 is 65.7 Å². The van der Waals surface area contributed by atoms with E-state index in [0.29, 0.717) is 289 Å². The van der Waals surface area contributed by atoms with E-state index in [1.807, 2.05) is 13.8 Å². The Kier molecular flexibility index (Phi) is 84.9. The second-order valence-corrected chi connectivity index (χ2v) is 36.7. The van der Waals surface area contributed by atoms with Crippen molar-refractivity contribution in [3.63, 3.8) is 0 Å². The summed E-state index contributed by atoms with van der Waals surface area (Å²) in [6.45, 7) is 9.71. The lowest BCUT2D eigenvalue weighted by molar-refractivity contribution is -0.194. The van der Waals surface area contributed by atoms with E-state index in [0.717, 1.165) is 161 Å². The van der Waals surface area contributed by atoms with E-state index in [9.17, 15) is 52.7 Å². The zero-order valence-electron chi connectivity index (χ0n) is 82.6. The third kappa shape index (κ3) is 68.4. The first kappa shape index (κ1) is 129. The molecule has 135 heavy (non-hydrogen) atoms. The van der Waals surface area contributed by atoms with Crippen molar-refractivity contribution in [2.45, 2.75) is 367 Å². The Bertz CT molecular complexity index is 2770. The molecule has 0 aromatic carbocycles. The predicted molar refractivity (Wildman–Crippen MR) is 504 cm³/mol. The molecule has 12 N–H and O–H groups in total. The highest BCUT2D eigenvalue weighted by Crippen LogP contribution is 2.66. The SMILES string of the molecule is CC(CCO)CCOC(=O)CCCCC(=O)OCCC(C)CCO.O=C(CCCCCCC(=O)OCCCCO)OCCCCO.O=C(CCCCCCCCC(=O)OCCCCO)OCCCCO.O=C(CCCCO)OCCCCO.O=C(OCCCCO)C12CC3CC(C1)CC(C(=O)OCCCCO)(C3)C2.O=C(OCCCCO)C1CCCC2C(C(=O)OCCCCO)CCCC12. The Hall–Kier alpha value is -6.31. The van der Waals surface area contributed by atoms with Gasteiger partial charge in [0, 0.05) is 124 Å². The van der Waals surface area contributed by atoms with E-state index in [4.69, 9.17) is 113 Å². The average Bonchev–Trinajstić information content (AvgIpc) is 0.711. The van der Waals surface area contributed by atoms with Crippen molar-refractivity contribution in [2.75, 3.05) is 152 Å². The van der Waals surface area contributed by atoms with E-state index >= 15 is 0 Å². The molecule has 0 saturated heterocycles. The third-order valence-electron chi connectivity index (χ3n) is 24.8. The first-order valence-corrected chi connectivity index (χ1v) is 51.5. The molecule has 6 saturated carbocycles. The molecule has 34 nitrogen and oxygen atoms in total. The van der Waals surface area contributed by atoms with Gasteiger partial charge in [0.15, 0.2) is 0 Å². The number of carbonyl (C=O) groups excluding carboxylic acids is 11. The smallest absolute Gasteiger partial charge is 0.312 e. The van der Waals surface area contributed by atoms with Crippen molar-refractivity contribution < 1.29 is 166 Å². The van der Waals surface area contributed by atoms with Crippen LogP contribution in [-0.2, 0) is 105 Å². The minimum absolute atomic E-state index is 0.104. The lowest BCUT2D eigenvalue weighted by atomic mass is 9.44. The molecule has 34 heteroatoms. The van der Waals surface area contributed by atoms with Gasteiger partial charge >= 0.3 is 65.7 Å². The summed E-state index contributed by atoms with van der Waals surface area (Å²) in [5.74, 6) is -0.213.